The summed E-state index contributed by atoms with van der Waals surface area (Å²) in [4.78, 5) is 130. The summed E-state index contributed by atoms with van der Waals surface area (Å²) in [7, 11) is 1.49. The molecule has 0 spiro atoms. The standard InChI is InChI=1S/C21H36O3.2C20H34O3.C15H26O4.C14H24O4.C13H24O3.C12H22O4.C8H16O3/c1-6-20(4,5)19(22)24-18(14(2)3)23-13-21-10-15-7-16(11-21)9-17(8-15)12-21;1-6-20(4,5)19(21)23-18(12(2)3)22-17-15-8-13-7-14(10-15)11-16(17)9-13;1-6-20(4,5)19(21)23-18(12(2)3)22-17-11-13-10-16(17)15-9-7-8-14(13)15;1-5-14(3,4)13(17)18-11-12(16)19-15(6-2)9-7-8-10-15;1-5-13(2,3)12(16)17-10-11(15)18-14(4)8-6-7-9-14;1-4-13(2,3)12(14)16-10-15-11-8-6-5-7-9-11;1-7-12(5,6)10(14)15-8-9(13)16-11(2,3)4;1-5-8(2,3)7(9)11-6-10-4/h14-18H,6-13H2,1-5H3;2*12-18H,6-11H2,1-5H3;5-11H2,1-4H3;5-10H2,1-4H3;11H,4-10H2,1-3H3;7-8H2,1-6H3;5-6H2,1-4H3. The van der Waals surface area contributed by atoms with E-state index in [1.165, 1.54) is 129 Å². The Morgan fingerprint density at radius 3 is 1.05 bits per heavy atom. The minimum absolute atomic E-state index is 0.0439. The molecule has 27 nitrogen and oxygen atoms in total. The van der Waals surface area contributed by atoms with Gasteiger partial charge in [0.05, 0.1) is 68.2 Å². The number of carbonyl (C=O) groups is 11. The van der Waals surface area contributed by atoms with Crippen LogP contribution in [0, 0.1) is 132 Å². The van der Waals surface area contributed by atoms with Crippen molar-refractivity contribution in [1.29, 1.82) is 0 Å². The van der Waals surface area contributed by atoms with Crippen molar-refractivity contribution >= 4 is 65.7 Å². The maximum absolute atomic E-state index is 12.5. The van der Waals surface area contributed by atoms with E-state index in [9.17, 15) is 52.7 Å². The van der Waals surface area contributed by atoms with Crippen LogP contribution >= 0.6 is 0 Å². The number of rotatable bonds is 43. The van der Waals surface area contributed by atoms with Crippen LogP contribution in [0.1, 0.15) is 486 Å². The summed E-state index contributed by atoms with van der Waals surface area (Å²) < 4.78 is 87.4. The van der Waals surface area contributed by atoms with E-state index in [2.05, 4.69) is 46.3 Å². The molecule has 10 bridgehead atoms. The molecule has 14 aliphatic rings. The maximum Gasteiger partial charge on any atom is 0.344 e. The first kappa shape index (κ1) is 134. The van der Waals surface area contributed by atoms with E-state index in [4.69, 9.17) is 71.1 Å². The molecule has 0 heterocycles. The Labute approximate surface area is 908 Å². The molecule has 0 radical (unpaired) electrons. The summed E-state index contributed by atoms with van der Waals surface area (Å²) >= 11 is 0. The number of carbonyl (C=O) groups excluding carboxylic acids is 11. The second-order valence-electron chi connectivity index (χ2n) is 54.0. The minimum Gasteiger partial charge on any atom is -0.457 e. The number of fused-ring (bicyclic) bond motifs is 5. The maximum atomic E-state index is 12.5. The second kappa shape index (κ2) is 60.1. The second-order valence-corrected chi connectivity index (χ2v) is 54.0. The van der Waals surface area contributed by atoms with Gasteiger partial charge < -0.3 is 75.8 Å². The van der Waals surface area contributed by atoms with Crippen molar-refractivity contribution in [2.75, 3.05) is 47.1 Å². The van der Waals surface area contributed by atoms with Crippen molar-refractivity contribution in [2.45, 2.75) is 540 Å². The first-order valence-electron chi connectivity index (χ1n) is 58.9. The third-order valence-electron chi connectivity index (χ3n) is 35.9. The van der Waals surface area contributed by atoms with E-state index in [0.717, 1.165) is 157 Å². The highest BCUT2D eigenvalue weighted by molar-refractivity contribution is 5.82. The van der Waals surface area contributed by atoms with Crippen LogP contribution in [0.25, 0.3) is 0 Å². The van der Waals surface area contributed by atoms with Gasteiger partial charge in [-0.15, -0.1) is 0 Å². The van der Waals surface area contributed by atoms with Crippen LogP contribution in [-0.4, -0.2) is 167 Å². The molecule has 0 aliphatic heterocycles. The molecular formula is C123H216O27. The van der Waals surface area contributed by atoms with Crippen LogP contribution < -0.4 is 0 Å². The summed E-state index contributed by atoms with van der Waals surface area (Å²) in [5.41, 5.74) is -4.57. The van der Waals surface area contributed by atoms with Gasteiger partial charge in [0.15, 0.2) is 33.4 Å². The molecule has 0 aromatic rings. The minimum atomic E-state index is -0.554. The zero-order chi connectivity index (χ0) is 113. The van der Waals surface area contributed by atoms with Crippen LogP contribution in [0.5, 0.6) is 0 Å². The molecule has 8 atom stereocenters. The normalized spacial score (nSPS) is 25.8. The Morgan fingerprint density at radius 1 is 0.327 bits per heavy atom. The lowest BCUT2D eigenvalue weighted by Gasteiger charge is -2.56. The smallest absolute Gasteiger partial charge is 0.344 e. The Bertz CT molecular complexity index is 4050. The third kappa shape index (κ3) is 42.4. The van der Waals surface area contributed by atoms with Gasteiger partial charge in [0.2, 0.25) is 18.9 Å². The van der Waals surface area contributed by atoms with Crippen molar-refractivity contribution in [3.63, 3.8) is 0 Å². The van der Waals surface area contributed by atoms with Crippen molar-refractivity contribution in [1.82, 2.24) is 0 Å². The zero-order valence-corrected chi connectivity index (χ0v) is 101. The summed E-state index contributed by atoms with van der Waals surface area (Å²) in [5.74, 6) is 6.89. The lowest BCUT2D eigenvalue weighted by molar-refractivity contribution is -0.241. The average molecular weight is 2130 g/mol. The molecule has 27 heteroatoms. The zero-order valence-electron chi connectivity index (χ0n) is 101. The van der Waals surface area contributed by atoms with Gasteiger partial charge in [-0.3, -0.25) is 38.4 Å². The first-order valence-corrected chi connectivity index (χ1v) is 58.9. The number of hydrogen-bond donors (Lipinski definition) is 0. The molecule has 14 rings (SSSR count). The molecular weight excluding hydrogens is 1910 g/mol. The summed E-state index contributed by atoms with van der Waals surface area (Å²) in [6.45, 7) is 67.6. The quantitative estimate of drug-likeness (QED) is 0.0311. The van der Waals surface area contributed by atoms with Crippen LogP contribution in [0.4, 0.5) is 0 Å². The van der Waals surface area contributed by atoms with E-state index < -0.39 is 85.7 Å². The van der Waals surface area contributed by atoms with Gasteiger partial charge in [0.1, 0.15) is 16.8 Å². The number of ether oxygens (including phenoxy) is 16. The summed E-state index contributed by atoms with van der Waals surface area (Å²) in [6, 6.07) is 0. The topological polar surface area (TPSA) is 335 Å². The molecule has 150 heavy (non-hydrogen) atoms. The molecule has 8 unspecified atom stereocenters. The van der Waals surface area contributed by atoms with Gasteiger partial charge in [-0.2, -0.15) is 0 Å². The summed E-state index contributed by atoms with van der Waals surface area (Å²) in [5, 5.41) is 0. The lowest BCUT2D eigenvalue weighted by Crippen LogP contribution is -2.51. The van der Waals surface area contributed by atoms with Gasteiger partial charge in [0.25, 0.3) is 0 Å². The van der Waals surface area contributed by atoms with Crippen molar-refractivity contribution in [3.05, 3.63) is 0 Å². The monoisotopic (exact) mass is 2130 g/mol. The van der Waals surface area contributed by atoms with E-state index in [0.29, 0.717) is 60.7 Å². The van der Waals surface area contributed by atoms with Gasteiger partial charge in [-0.1, -0.05) is 130 Å². The highest BCUT2D eigenvalue weighted by Crippen LogP contribution is 2.62. The Kier molecular flexibility index (Phi) is 53.9. The predicted octanol–water partition coefficient (Wildman–Crippen LogP) is 28.0. The van der Waals surface area contributed by atoms with Crippen LogP contribution in [0.2, 0.25) is 0 Å². The van der Waals surface area contributed by atoms with Crippen molar-refractivity contribution in [2.24, 2.45) is 132 Å². The Hall–Kier alpha value is -6.03. The summed E-state index contributed by atoms with van der Waals surface area (Å²) in [6.07, 6.45) is 42.4. The largest absolute Gasteiger partial charge is 0.457 e. The molecule has 0 N–H and O–H groups in total. The fourth-order valence-electron chi connectivity index (χ4n) is 22.9. The van der Waals surface area contributed by atoms with Gasteiger partial charge in [-0.25, -0.2) is 14.4 Å². The van der Waals surface area contributed by atoms with E-state index in [1.807, 2.05) is 152 Å². The molecule has 14 aliphatic carbocycles. The number of methoxy groups -OCH3 is 1. The number of hydrogen-bond acceptors (Lipinski definition) is 27. The first-order chi connectivity index (χ1) is 69.7. The van der Waals surface area contributed by atoms with E-state index >= 15 is 0 Å². The predicted molar refractivity (Wildman–Crippen MR) is 583 cm³/mol. The Balaban J connectivity index is 0.000000304. The molecule has 0 saturated heterocycles. The van der Waals surface area contributed by atoms with Crippen LogP contribution in [0.3, 0.4) is 0 Å². The fraction of sp³-hybridized carbons (Fsp3) is 0.911. The van der Waals surface area contributed by atoms with Crippen molar-refractivity contribution < 1.29 is 129 Å². The molecule has 0 amide bonds. The van der Waals surface area contributed by atoms with E-state index in [-0.39, 0.29) is 110 Å². The number of esters is 11. The molecule has 14 saturated carbocycles. The third-order valence-corrected chi connectivity index (χ3v) is 35.9. The van der Waals surface area contributed by atoms with E-state index in [1.54, 1.807) is 48.5 Å². The fourth-order valence-corrected chi connectivity index (χ4v) is 22.9. The molecule has 0 aromatic carbocycles. The van der Waals surface area contributed by atoms with Crippen molar-refractivity contribution in [3.8, 4) is 0 Å². The van der Waals surface area contributed by atoms with Crippen LogP contribution in [-0.2, 0) is 129 Å². The van der Waals surface area contributed by atoms with Gasteiger partial charge >= 0.3 is 65.7 Å². The lowest BCUT2D eigenvalue weighted by atomic mass is 9.50. The van der Waals surface area contributed by atoms with Crippen LogP contribution in [0.15, 0.2) is 0 Å². The highest BCUT2D eigenvalue weighted by atomic mass is 16.7. The molecule has 0 aromatic heterocycles. The average Bonchev–Trinajstić information content (AvgIpc) is 1.15. The molecule has 14 fully saturated rings. The van der Waals surface area contributed by atoms with Gasteiger partial charge in [-0.05, 0) is 427 Å². The molecule has 870 valence electrons. The SMILES string of the molecule is CCC(C)(C)C(=O)OC(OC1C2CC3CC(C2)CC1C3)C(C)C.CCC(C)(C)C(=O)OC(OC1CC2CC1C1CCCC21)C(C)C.CCC(C)(C)C(=O)OC(OCC12CC3CC(CC(C3)C1)C2)C(C)C.CCC(C)(C)C(=O)OCC(=O)OC(C)(C)C.CCC(C)(C)C(=O)OCC(=O)OC1(C)CCCC1.CCC(C)(C)C(=O)OCOC.CCC(C)(C)C(=O)OCOC1CCCCC1.CCC1(OC(=O)COC(=O)C(C)(C)CC)CCCC1. The Morgan fingerprint density at radius 2 is 0.673 bits per heavy atom. The highest BCUT2D eigenvalue weighted by Gasteiger charge is 2.57. The van der Waals surface area contributed by atoms with Gasteiger partial charge in [0, 0.05) is 24.9 Å².